The van der Waals surface area contributed by atoms with Gasteiger partial charge in [0.2, 0.25) is 18.6 Å². The fourth-order valence-electron chi connectivity index (χ4n) is 3.56. The van der Waals surface area contributed by atoms with Crippen LogP contribution in [0.2, 0.25) is 0 Å². The van der Waals surface area contributed by atoms with Gasteiger partial charge in [0.05, 0.1) is 11.1 Å². The Morgan fingerprint density at radius 2 is 2.00 bits per heavy atom. The monoisotopic (exact) mass is 392 g/mol. The Bertz CT molecular complexity index is 1170. The number of hydrogen-bond donors (Lipinski definition) is 3. The van der Waals surface area contributed by atoms with Crippen LogP contribution in [0, 0.1) is 0 Å². The minimum atomic E-state index is -0.744. The van der Waals surface area contributed by atoms with E-state index in [0.717, 1.165) is 10.9 Å². The number of imide groups is 1. The molecule has 1 fully saturated rings. The molecule has 1 aromatic heterocycles. The zero-order valence-corrected chi connectivity index (χ0v) is 15.2. The van der Waals surface area contributed by atoms with E-state index in [-0.39, 0.29) is 25.5 Å². The highest BCUT2D eigenvalue weighted by Crippen LogP contribution is 2.37. The molecule has 9 heteroatoms. The van der Waals surface area contributed by atoms with Crippen molar-refractivity contribution in [2.75, 3.05) is 6.79 Å². The number of rotatable bonds is 3. The SMILES string of the molecule is O=C1CCC(NC(=O)c2cccc3c(-c4ccc5c(c4)OCO5)n[nH]c23)C(=O)N1. The highest BCUT2D eigenvalue weighted by molar-refractivity contribution is 6.10. The number of carbonyl (C=O) groups excluding carboxylic acids is 3. The molecule has 0 radical (unpaired) electrons. The summed E-state index contributed by atoms with van der Waals surface area (Å²) in [7, 11) is 0. The summed E-state index contributed by atoms with van der Waals surface area (Å²) in [6.45, 7) is 0.185. The number of benzene rings is 2. The summed E-state index contributed by atoms with van der Waals surface area (Å²) in [6, 6.07) is 10.1. The van der Waals surface area contributed by atoms with Gasteiger partial charge in [-0.3, -0.25) is 24.8 Å². The van der Waals surface area contributed by atoms with E-state index < -0.39 is 17.9 Å². The van der Waals surface area contributed by atoms with E-state index in [1.807, 2.05) is 24.3 Å². The lowest BCUT2D eigenvalue weighted by Crippen LogP contribution is -2.52. The molecule has 0 spiro atoms. The van der Waals surface area contributed by atoms with Gasteiger partial charge in [0.1, 0.15) is 11.7 Å². The molecular formula is C20H16N4O5. The van der Waals surface area contributed by atoms with Crippen molar-refractivity contribution in [3.05, 3.63) is 42.0 Å². The van der Waals surface area contributed by atoms with Gasteiger partial charge in [-0.2, -0.15) is 5.10 Å². The van der Waals surface area contributed by atoms with Crippen molar-refractivity contribution < 1.29 is 23.9 Å². The van der Waals surface area contributed by atoms with Crippen LogP contribution >= 0.6 is 0 Å². The molecule has 1 saturated heterocycles. The molecule has 3 N–H and O–H groups in total. The molecule has 1 unspecified atom stereocenters. The third kappa shape index (κ3) is 2.96. The molecule has 2 aliphatic rings. The third-order valence-electron chi connectivity index (χ3n) is 5.03. The summed E-state index contributed by atoms with van der Waals surface area (Å²) in [6.07, 6.45) is 0.469. The second kappa shape index (κ2) is 6.62. The zero-order chi connectivity index (χ0) is 20.0. The second-order valence-electron chi connectivity index (χ2n) is 6.85. The summed E-state index contributed by atoms with van der Waals surface area (Å²) in [5, 5.41) is 13.0. The molecule has 1 atom stereocenters. The van der Waals surface area contributed by atoms with Gasteiger partial charge >= 0.3 is 0 Å². The van der Waals surface area contributed by atoms with Crippen LogP contribution in [0.15, 0.2) is 36.4 Å². The Balaban J connectivity index is 1.46. The van der Waals surface area contributed by atoms with Crippen LogP contribution < -0.4 is 20.1 Å². The zero-order valence-electron chi connectivity index (χ0n) is 15.2. The third-order valence-corrected chi connectivity index (χ3v) is 5.03. The number of aromatic amines is 1. The molecule has 3 heterocycles. The molecule has 0 saturated carbocycles. The van der Waals surface area contributed by atoms with Gasteiger partial charge in [-0.1, -0.05) is 12.1 Å². The number of carbonyl (C=O) groups is 3. The second-order valence-corrected chi connectivity index (χ2v) is 6.85. The topological polar surface area (TPSA) is 122 Å². The Hall–Kier alpha value is -3.88. The number of amides is 3. The molecular weight excluding hydrogens is 376 g/mol. The van der Waals surface area contributed by atoms with Crippen molar-refractivity contribution in [3.8, 4) is 22.8 Å². The first-order valence-corrected chi connectivity index (χ1v) is 9.12. The average Bonchev–Trinajstić information content (AvgIpc) is 3.35. The maximum atomic E-state index is 12.8. The molecule has 3 amide bonds. The van der Waals surface area contributed by atoms with Crippen LogP contribution in [0.3, 0.4) is 0 Å². The first-order chi connectivity index (χ1) is 14.1. The minimum Gasteiger partial charge on any atom is -0.454 e. The molecule has 2 aliphatic heterocycles. The predicted molar refractivity (Wildman–Crippen MR) is 101 cm³/mol. The lowest BCUT2D eigenvalue weighted by Gasteiger charge is -2.21. The summed E-state index contributed by atoms with van der Waals surface area (Å²) < 4.78 is 10.8. The van der Waals surface area contributed by atoms with Crippen molar-refractivity contribution in [1.29, 1.82) is 0 Å². The van der Waals surface area contributed by atoms with Crippen molar-refractivity contribution in [1.82, 2.24) is 20.8 Å². The summed E-state index contributed by atoms with van der Waals surface area (Å²) >= 11 is 0. The van der Waals surface area contributed by atoms with Gasteiger partial charge in [-0.15, -0.1) is 0 Å². The molecule has 29 heavy (non-hydrogen) atoms. The average molecular weight is 392 g/mol. The molecule has 2 aromatic carbocycles. The summed E-state index contributed by atoms with van der Waals surface area (Å²) in [4.78, 5) is 36.0. The number of piperidine rings is 1. The van der Waals surface area contributed by atoms with E-state index in [1.165, 1.54) is 0 Å². The Kier molecular flexibility index (Phi) is 3.94. The minimum absolute atomic E-state index is 0.185. The lowest BCUT2D eigenvalue weighted by molar-refractivity contribution is -0.134. The molecule has 0 aliphatic carbocycles. The van der Waals surface area contributed by atoms with Crippen molar-refractivity contribution >= 4 is 28.6 Å². The molecule has 0 bridgehead atoms. The smallest absolute Gasteiger partial charge is 0.254 e. The van der Waals surface area contributed by atoms with Crippen LogP contribution in [0.5, 0.6) is 11.5 Å². The van der Waals surface area contributed by atoms with Crippen LogP contribution in [-0.2, 0) is 9.59 Å². The van der Waals surface area contributed by atoms with Gasteiger partial charge in [-0.05, 0) is 30.7 Å². The standard InChI is InChI=1S/C20H16N4O5/c25-16-7-5-13(20(27)22-16)21-19(26)12-3-1-2-11-17(23-24-18(11)12)10-4-6-14-15(8-10)29-9-28-14/h1-4,6,8,13H,5,7,9H2,(H,21,26)(H,23,24)(H,22,25,27). The van der Waals surface area contributed by atoms with Crippen LogP contribution in [-0.4, -0.2) is 40.8 Å². The number of nitrogens with one attached hydrogen (secondary N) is 3. The largest absolute Gasteiger partial charge is 0.454 e. The number of H-pyrrole nitrogens is 1. The van der Waals surface area contributed by atoms with E-state index in [1.54, 1.807) is 12.1 Å². The number of ether oxygens (including phenoxy) is 2. The Morgan fingerprint density at radius 3 is 2.86 bits per heavy atom. The first-order valence-electron chi connectivity index (χ1n) is 9.12. The van der Waals surface area contributed by atoms with Crippen molar-refractivity contribution in [2.24, 2.45) is 0 Å². The van der Waals surface area contributed by atoms with Crippen LogP contribution in [0.4, 0.5) is 0 Å². The van der Waals surface area contributed by atoms with Gasteiger partial charge < -0.3 is 14.8 Å². The highest BCUT2D eigenvalue weighted by Gasteiger charge is 2.29. The summed E-state index contributed by atoms with van der Waals surface area (Å²) in [5.74, 6) is 0.0891. The molecule has 3 aromatic rings. The van der Waals surface area contributed by atoms with E-state index in [2.05, 4.69) is 20.8 Å². The Morgan fingerprint density at radius 1 is 1.14 bits per heavy atom. The Labute approximate surface area is 164 Å². The number of aromatic nitrogens is 2. The van der Waals surface area contributed by atoms with Crippen LogP contribution in [0.1, 0.15) is 23.2 Å². The van der Waals surface area contributed by atoms with Crippen molar-refractivity contribution in [3.63, 3.8) is 0 Å². The van der Waals surface area contributed by atoms with Crippen LogP contribution in [0.25, 0.3) is 22.2 Å². The van der Waals surface area contributed by atoms with Gasteiger partial charge in [0.15, 0.2) is 11.5 Å². The van der Waals surface area contributed by atoms with E-state index in [4.69, 9.17) is 9.47 Å². The van der Waals surface area contributed by atoms with Gasteiger partial charge in [0, 0.05) is 17.4 Å². The first kappa shape index (κ1) is 17.2. The van der Waals surface area contributed by atoms with Gasteiger partial charge in [0.25, 0.3) is 5.91 Å². The normalized spacial score (nSPS) is 18.0. The van der Waals surface area contributed by atoms with Crippen molar-refractivity contribution in [2.45, 2.75) is 18.9 Å². The maximum Gasteiger partial charge on any atom is 0.254 e. The fraction of sp³-hybridized carbons (Fsp3) is 0.200. The number of para-hydroxylation sites is 1. The number of hydrogen-bond acceptors (Lipinski definition) is 6. The lowest BCUT2D eigenvalue weighted by atomic mass is 10.0. The number of fused-ring (bicyclic) bond motifs is 2. The molecule has 9 nitrogen and oxygen atoms in total. The van der Waals surface area contributed by atoms with E-state index >= 15 is 0 Å². The van der Waals surface area contributed by atoms with Gasteiger partial charge in [-0.25, -0.2) is 0 Å². The quantitative estimate of drug-likeness (QED) is 0.581. The van der Waals surface area contributed by atoms with E-state index in [9.17, 15) is 14.4 Å². The predicted octanol–water partition coefficient (Wildman–Crippen LogP) is 1.49. The number of nitrogens with zero attached hydrogens (tertiary/aromatic N) is 1. The summed E-state index contributed by atoms with van der Waals surface area (Å²) in [5.41, 5.74) is 2.42. The molecule has 146 valence electrons. The highest BCUT2D eigenvalue weighted by atomic mass is 16.7. The van der Waals surface area contributed by atoms with E-state index in [0.29, 0.717) is 28.3 Å². The molecule has 5 rings (SSSR count). The maximum absolute atomic E-state index is 12.8. The fourth-order valence-corrected chi connectivity index (χ4v) is 3.56.